The van der Waals surface area contributed by atoms with Crippen LogP contribution in [0.5, 0.6) is 0 Å². The van der Waals surface area contributed by atoms with Crippen LogP contribution in [0, 0.1) is 9.39 Å². The summed E-state index contributed by atoms with van der Waals surface area (Å²) in [5.74, 6) is -0.804. The molecule has 0 spiro atoms. The summed E-state index contributed by atoms with van der Waals surface area (Å²) < 4.78 is 19.2. The first-order valence-electron chi connectivity index (χ1n) is 5.17. The van der Waals surface area contributed by atoms with Gasteiger partial charge in [0.15, 0.2) is 10.9 Å². The van der Waals surface area contributed by atoms with E-state index in [4.69, 9.17) is 16.6 Å². The third kappa shape index (κ3) is 3.74. The van der Waals surface area contributed by atoms with E-state index in [9.17, 15) is 9.18 Å². The number of carbonyl (C=O) groups excluding carboxylic acids is 1. The Bertz CT molecular complexity index is 616. The SMILES string of the molecule is O=C(NC(=S)Nc1ccc(I)cc1F)c1ccco1. The van der Waals surface area contributed by atoms with Crippen molar-refractivity contribution in [2.45, 2.75) is 0 Å². The van der Waals surface area contributed by atoms with Crippen LogP contribution in [0.3, 0.4) is 0 Å². The van der Waals surface area contributed by atoms with E-state index in [-0.39, 0.29) is 16.6 Å². The van der Waals surface area contributed by atoms with E-state index in [0.717, 1.165) is 3.57 Å². The average molecular weight is 390 g/mol. The molecule has 0 aliphatic carbocycles. The predicted octanol–water partition coefficient (Wildman–Crippen LogP) is 3.15. The molecular weight excluding hydrogens is 382 g/mol. The van der Waals surface area contributed by atoms with E-state index in [1.54, 1.807) is 18.2 Å². The Morgan fingerprint density at radius 1 is 1.37 bits per heavy atom. The number of furan rings is 1. The molecule has 1 heterocycles. The quantitative estimate of drug-likeness (QED) is 0.611. The second kappa shape index (κ2) is 6.11. The molecule has 0 unspecified atom stereocenters. The number of hydrogen-bond acceptors (Lipinski definition) is 3. The maximum absolute atomic E-state index is 13.6. The molecule has 0 radical (unpaired) electrons. The van der Waals surface area contributed by atoms with Gasteiger partial charge < -0.3 is 9.73 Å². The standard InChI is InChI=1S/C12H8FIN2O2S/c13-8-6-7(14)3-4-9(8)15-12(19)16-11(17)10-2-1-5-18-10/h1-6H,(H2,15,16,17,19). The molecule has 7 heteroatoms. The summed E-state index contributed by atoms with van der Waals surface area (Å²) in [7, 11) is 0. The molecule has 2 aromatic rings. The molecule has 0 atom stereocenters. The summed E-state index contributed by atoms with van der Waals surface area (Å²) in [6.45, 7) is 0. The summed E-state index contributed by atoms with van der Waals surface area (Å²) >= 11 is 6.93. The number of anilines is 1. The molecule has 2 rings (SSSR count). The topological polar surface area (TPSA) is 54.3 Å². The van der Waals surface area contributed by atoms with Gasteiger partial charge in [-0.1, -0.05) is 0 Å². The Balaban J connectivity index is 2.00. The molecule has 0 saturated carbocycles. The van der Waals surface area contributed by atoms with E-state index >= 15 is 0 Å². The fourth-order valence-electron chi connectivity index (χ4n) is 1.32. The first-order valence-corrected chi connectivity index (χ1v) is 6.66. The van der Waals surface area contributed by atoms with Gasteiger partial charge in [0, 0.05) is 3.57 Å². The van der Waals surface area contributed by atoms with Gasteiger partial charge >= 0.3 is 0 Å². The van der Waals surface area contributed by atoms with Crippen LogP contribution in [0.1, 0.15) is 10.6 Å². The lowest BCUT2D eigenvalue weighted by Gasteiger charge is -2.09. The Morgan fingerprint density at radius 2 is 2.16 bits per heavy atom. The normalized spacial score (nSPS) is 10.0. The largest absolute Gasteiger partial charge is 0.459 e. The second-order valence-corrected chi connectivity index (χ2v) is 5.16. The number of hydrogen-bond donors (Lipinski definition) is 2. The van der Waals surface area contributed by atoms with E-state index in [1.165, 1.54) is 18.4 Å². The van der Waals surface area contributed by atoms with Crippen LogP contribution in [0.4, 0.5) is 10.1 Å². The molecule has 4 nitrogen and oxygen atoms in total. The number of thiocarbonyl (C=S) groups is 1. The lowest BCUT2D eigenvalue weighted by atomic mass is 10.3. The van der Waals surface area contributed by atoms with Crippen LogP contribution >= 0.6 is 34.8 Å². The number of carbonyl (C=O) groups is 1. The van der Waals surface area contributed by atoms with Crippen molar-refractivity contribution in [3.63, 3.8) is 0 Å². The van der Waals surface area contributed by atoms with Gasteiger partial charge in [0.25, 0.3) is 5.91 Å². The first kappa shape index (κ1) is 13.9. The van der Waals surface area contributed by atoms with Gasteiger partial charge in [-0.15, -0.1) is 0 Å². The molecule has 1 aromatic carbocycles. The Kier molecular flexibility index (Phi) is 4.48. The number of nitrogens with one attached hydrogen (secondary N) is 2. The van der Waals surface area contributed by atoms with Crippen LogP contribution in [-0.4, -0.2) is 11.0 Å². The highest BCUT2D eigenvalue weighted by atomic mass is 127. The monoisotopic (exact) mass is 390 g/mol. The minimum absolute atomic E-state index is 0.00140. The zero-order valence-corrected chi connectivity index (χ0v) is 12.4. The second-order valence-electron chi connectivity index (χ2n) is 3.51. The van der Waals surface area contributed by atoms with Gasteiger partial charge in [-0.25, -0.2) is 4.39 Å². The molecular formula is C12H8FIN2O2S. The molecule has 0 aliphatic heterocycles. The molecule has 0 bridgehead atoms. The van der Waals surface area contributed by atoms with E-state index in [2.05, 4.69) is 10.6 Å². The van der Waals surface area contributed by atoms with Crippen LogP contribution in [0.2, 0.25) is 0 Å². The first-order chi connectivity index (χ1) is 9.06. The van der Waals surface area contributed by atoms with E-state index in [1.807, 2.05) is 22.6 Å². The van der Waals surface area contributed by atoms with Crippen molar-refractivity contribution in [1.82, 2.24) is 5.32 Å². The van der Waals surface area contributed by atoms with Gasteiger partial charge in [-0.2, -0.15) is 0 Å². The minimum Gasteiger partial charge on any atom is -0.459 e. The van der Waals surface area contributed by atoms with Gasteiger partial charge in [0.05, 0.1) is 12.0 Å². The third-order valence-corrected chi connectivity index (χ3v) is 3.03. The molecule has 0 fully saturated rings. The molecule has 98 valence electrons. The van der Waals surface area contributed by atoms with Crippen molar-refractivity contribution >= 4 is 51.5 Å². The summed E-state index contributed by atoms with van der Waals surface area (Å²) in [5.41, 5.74) is 0.199. The Morgan fingerprint density at radius 3 is 2.79 bits per heavy atom. The van der Waals surface area contributed by atoms with E-state index < -0.39 is 11.7 Å². The maximum Gasteiger partial charge on any atom is 0.293 e. The molecule has 1 aromatic heterocycles. The smallest absolute Gasteiger partial charge is 0.293 e. The summed E-state index contributed by atoms with van der Waals surface area (Å²) in [6, 6.07) is 7.72. The maximum atomic E-state index is 13.6. The van der Waals surface area contributed by atoms with Crippen LogP contribution < -0.4 is 10.6 Å². The van der Waals surface area contributed by atoms with Crippen molar-refractivity contribution in [1.29, 1.82) is 0 Å². The highest BCUT2D eigenvalue weighted by Crippen LogP contribution is 2.16. The van der Waals surface area contributed by atoms with Crippen LogP contribution in [0.15, 0.2) is 41.0 Å². The summed E-state index contributed by atoms with van der Waals surface area (Å²) in [6.07, 6.45) is 1.38. The van der Waals surface area contributed by atoms with E-state index in [0.29, 0.717) is 0 Å². The fourth-order valence-corrected chi connectivity index (χ4v) is 1.97. The van der Waals surface area contributed by atoms with Crippen molar-refractivity contribution < 1.29 is 13.6 Å². The van der Waals surface area contributed by atoms with Crippen LogP contribution in [0.25, 0.3) is 0 Å². The minimum atomic E-state index is -0.492. The highest BCUT2D eigenvalue weighted by Gasteiger charge is 2.11. The van der Waals surface area contributed by atoms with Crippen molar-refractivity contribution in [2.24, 2.45) is 0 Å². The zero-order chi connectivity index (χ0) is 13.8. The zero-order valence-electron chi connectivity index (χ0n) is 9.44. The predicted molar refractivity (Wildman–Crippen MR) is 81.5 cm³/mol. The van der Waals surface area contributed by atoms with Crippen LogP contribution in [-0.2, 0) is 0 Å². The fraction of sp³-hybridized carbons (Fsp3) is 0. The number of benzene rings is 1. The number of halogens is 2. The molecule has 0 saturated heterocycles. The average Bonchev–Trinajstić information content (AvgIpc) is 2.86. The molecule has 19 heavy (non-hydrogen) atoms. The molecule has 2 N–H and O–H groups in total. The van der Waals surface area contributed by atoms with Gasteiger partial charge in [-0.3, -0.25) is 10.1 Å². The van der Waals surface area contributed by atoms with Crippen molar-refractivity contribution in [3.05, 3.63) is 51.7 Å². The Hall–Kier alpha value is -1.48. The molecule has 0 aliphatic rings. The van der Waals surface area contributed by atoms with Crippen molar-refractivity contribution in [3.8, 4) is 0 Å². The summed E-state index contributed by atoms with van der Waals surface area (Å²) in [4.78, 5) is 11.6. The lowest BCUT2D eigenvalue weighted by Crippen LogP contribution is -2.34. The number of rotatable bonds is 2. The highest BCUT2D eigenvalue weighted by molar-refractivity contribution is 14.1. The Labute approximate surface area is 127 Å². The summed E-state index contributed by atoms with van der Waals surface area (Å²) in [5, 5.41) is 5.00. The van der Waals surface area contributed by atoms with Crippen molar-refractivity contribution in [2.75, 3.05) is 5.32 Å². The lowest BCUT2D eigenvalue weighted by molar-refractivity contribution is 0.0950. The van der Waals surface area contributed by atoms with Gasteiger partial charge in [-0.05, 0) is 65.1 Å². The number of amides is 1. The molecule has 1 amide bonds. The van der Waals surface area contributed by atoms with Gasteiger partial charge in [0.1, 0.15) is 5.82 Å². The third-order valence-electron chi connectivity index (χ3n) is 2.15. The van der Waals surface area contributed by atoms with Gasteiger partial charge in [0.2, 0.25) is 0 Å².